The number of sulfonamides is 1. The molecule has 1 aromatic carbocycles. The van der Waals surface area contributed by atoms with E-state index in [1.165, 1.54) is 0 Å². The molecule has 0 radical (unpaired) electrons. The molecule has 0 atom stereocenters. The van der Waals surface area contributed by atoms with Crippen molar-refractivity contribution in [1.29, 1.82) is 0 Å². The number of allylic oxidation sites excluding steroid dienone is 2. The van der Waals surface area contributed by atoms with Crippen LogP contribution in [0.3, 0.4) is 0 Å². The molecular formula is C18H19N5O3S. The molecule has 1 amide bonds. The second kappa shape index (κ2) is 6.99. The Hall–Kier alpha value is -2.94. The van der Waals surface area contributed by atoms with Gasteiger partial charge in [-0.2, -0.15) is 0 Å². The maximum atomic E-state index is 12.5. The van der Waals surface area contributed by atoms with Gasteiger partial charge in [0.2, 0.25) is 0 Å². The van der Waals surface area contributed by atoms with Gasteiger partial charge in [0.1, 0.15) is 0 Å². The van der Waals surface area contributed by atoms with Crippen molar-refractivity contribution in [3.05, 3.63) is 54.5 Å². The zero-order valence-corrected chi connectivity index (χ0v) is 15.4. The Kier molecular flexibility index (Phi) is 4.53. The van der Waals surface area contributed by atoms with Crippen molar-refractivity contribution >= 4 is 32.8 Å². The van der Waals surface area contributed by atoms with Gasteiger partial charge in [0.15, 0.2) is 5.84 Å². The molecule has 2 aliphatic heterocycles. The van der Waals surface area contributed by atoms with E-state index >= 15 is 0 Å². The van der Waals surface area contributed by atoms with Gasteiger partial charge in [-0.3, -0.25) is 4.79 Å². The highest BCUT2D eigenvalue weighted by atomic mass is 32.2. The van der Waals surface area contributed by atoms with Crippen LogP contribution in [-0.2, 0) is 21.4 Å². The molecule has 0 saturated heterocycles. The third kappa shape index (κ3) is 3.63. The fourth-order valence-corrected chi connectivity index (χ4v) is 4.11. The quantitative estimate of drug-likeness (QED) is 0.776. The van der Waals surface area contributed by atoms with Crippen LogP contribution in [0.15, 0.2) is 58.9 Å². The molecule has 2 aliphatic rings. The molecule has 9 heteroatoms. The molecule has 0 spiro atoms. The molecule has 2 aromatic rings. The van der Waals surface area contributed by atoms with Crippen LogP contribution in [0.2, 0.25) is 0 Å². The predicted octanol–water partition coefficient (Wildman–Crippen LogP) is 1.04. The number of carbonyl (C=O) groups excluding carboxylic acids is 1. The summed E-state index contributed by atoms with van der Waals surface area (Å²) in [7, 11) is -3.51. The Bertz CT molecular complexity index is 1080. The van der Waals surface area contributed by atoms with Gasteiger partial charge in [0.05, 0.1) is 28.7 Å². The van der Waals surface area contributed by atoms with Gasteiger partial charge in [0.25, 0.3) is 15.9 Å². The molecule has 1 N–H and O–H groups in total. The lowest BCUT2D eigenvalue weighted by atomic mass is 10.1. The van der Waals surface area contributed by atoms with Gasteiger partial charge in [-0.1, -0.05) is 12.1 Å². The van der Waals surface area contributed by atoms with Crippen LogP contribution in [0.1, 0.15) is 6.42 Å². The first-order valence-electron chi connectivity index (χ1n) is 8.70. The zero-order chi connectivity index (χ0) is 18.9. The van der Waals surface area contributed by atoms with Crippen molar-refractivity contribution in [1.82, 2.24) is 19.8 Å². The summed E-state index contributed by atoms with van der Waals surface area (Å²) >= 11 is 0. The summed E-state index contributed by atoms with van der Waals surface area (Å²) in [5, 5.41) is 2.85. The van der Waals surface area contributed by atoms with Gasteiger partial charge in [0, 0.05) is 25.8 Å². The minimum atomic E-state index is -3.51. The monoisotopic (exact) mass is 385 g/mol. The van der Waals surface area contributed by atoms with Crippen LogP contribution in [0.4, 0.5) is 0 Å². The molecule has 27 heavy (non-hydrogen) atoms. The second-order valence-electron chi connectivity index (χ2n) is 6.35. The molecule has 0 aliphatic carbocycles. The zero-order valence-electron chi connectivity index (χ0n) is 14.6. The van der Waals surface area contributed by atoms with Crippen molar-refractivity contribution in [2.75, 3.05) is 18.8 Å². The third-order valence-corrected chi connectivity index (χ3v) is 5.64. The number of aryl methyl sites for hydroxylation is 1. The van der Waals surface area contributed by atoms with Crippen LogP contribution >= 0.6 is 0 Å². The summed E-state index contributed by atoms with van der Waals surface area (Å²) in [5.41, 5.74) is 2.27. The van der Waals surface area contributed by atoms with E-state index < -0.39 is 10.0 Å². The van der Waals surface area contributed by atoms with E-state index in [9.17, 15) is 13.2 Å². The molecule has 0 bridgehead atoms. The van der Waals surface area contributed by atoms with E-state index in [4.69, 9.17) is 0 Å². The number of carbonyl (C=O) groups is 1. The van der Waals surface area contributed by atoms with Crippen LogP contribution in [0.25, 0.3) is 11.0 Å². The Morgan fingerprint density at radius 2 is 2.11 bits per heavy atom. The normalized spacial score (nSPS) is 18.0. The maximum absolute atomic E-state index is 12.5. The lowest BCUT2D eigenvalue weighted by Crippen LogP contribution is -2.42. The number of hydrogen-bond acceptors (Lipinski definition) is 5. The highest BCUT2D eigenvalue weighted by Gasteiger charge is 2.29. The lowest BCUT2D eigenvalue weighted by Gasteiger charge is -2.28. The van der Waals surface area contributed by atoms with Crippen molar-refractivity contribution in [3.63, 3.8) is 0 Å². The summed E-state index contributed by atoms with van der Waals surface area (Å²) in [6.45, 7) is 1.49. The molecule has 1 aromatic heterocycles. The van der Waals surface area contributed by atoms with Gasteiger partial charge < -0.3 is 14.8 Å². The fourth-order valence-electron chi connectivity index (χ4n) is 3.13. The molecule has 4 rings (SSSR count). The third-order valence-electron chi connectivity index (χ3n) is 4.49. The smallest absolute Gasteiger partial charge is 0.256 e. The highest BCUT2D eigenvalue weighted by Crippen LogP contribution is 2.18. The van der Waals surface area contributed by atoms with Crippen LogP contribution in [-0.4, -0.2) is 53.5 Å². The minimum absolute atomic E-state index is 0.0470. The SMILES string of the molecule is O=C(NCCCn1cnc2ccccc21)C1=CC=CN2CCS(=O)(=O)N=C12. The Balaban J connectivity index is 1.37. The van der Waals surface area contributed by atoms with Gasteiger partial charge in [-0.15, -0.1) is 4.40 Å². The first-order valence-corrected chi connectivity index (χ1v) is 10.3. The summed E-state index contributed by atoms with van der Waals surface area (Å²) in [5.74, 6) is -0.174. The molecule has 0 unspecified atom stereocenters. The number of hydrogen-bond donors (Lipinski definition) is 1. The number of nitrogens with zero attached hydrogens (tertiary/aromatic N) is 4. The molecule has 140 valence electrons. The van der Waals surface area contributed by atoms with E-state index in [0.29, 0.717) is 13.1 Å². The minimum Gasteiger partial charge on any atom is -0.352 e. The van der Waals surface area contributed by atoms with Crippen molar-refractivity contribution in [3.8, 4) is 0 Å². The number of nitrogens with one attached hydrogen (secondary N) is 1. The first kappa shape index (κ1) is 17.5. The van der Waals surface area contributed by atoms with Gasteiger partial charge in [-0.05, 0) is 30.7 Å². The molecule has 3 heterocycles. The molecule has 0 saturated carbocycles. The number of fused-ring (bicyclic) bond motifs is 2. The largest absolute Gasteiger partial charge is 0.352 e. The lowest BCUT2D eigenvalue weighted by molar-refractivity contribution is -0.117. The Labute approximate surface area is 157 Å². The highest BCUT2D eigenvalue weighted by molar-refractivity contribution is 7.90. The summed E-state index contributed by atoms with van der Waals surface area (Å²) < 4.78 is 29.3. The fraction of sp³-hybridized carbons (Fsp3) is 0.278. The Morgan fingerprint density at radius 1 is 1.26 bits per heavy atom. The Morgan fingerprint density at radius 3 is 3.00 bits per heavy atom. The van der Waals surface area contributed by atoms with Crippen LogP contribution in [0, 0.1) is 0 Å². The number of aromatic nitrogens is 2. The average Bonchev–Trinajstić information content (AvgIpc) is 3.07. The average molecular weight is 385 g/mol. The van der Waals surface area contributed by atoms with Crippen molar-refractivity contribution < 1.29 is 13.2 Å². The van der Waals surface area contributed by atoms with E-state index in [0.717, 1.165) is 24.0 Å². The molecule has 8 nitrogen and oxygen atoms in total. The van der Waals surface area contributed by atoms with Crippen LogP contribution in [0.5, 0.6) is 0 Å². The standard InChI is InChI=1S/C18H19N5O3S/c24-18(14-5-3-9-22-11-12-27(25,26)21-17(14)22)19-8-4-10-23-13-20-15-6-1-2-7-16(15)23/h1-3,5-7,9,13H,4,8,10-12H2,(H,19,24). The number of amidine groups is 1. The van der Waals surface area contributed by atoms with E-state index in [1.807, 2.05) is 28.8 Å². The predicted molar refractivity (Wildman–Crippen MR) is 103 cm³/mol. The second-order valence-corrected chi connectivity index (χ2v) is 8.11. The summed E-state index contributed by atoms with van der Waals surface area (Å²) in [6.07, 6.45) is 7.57. The molecular weight excluding hydrogens is 366 g/mol. The number of para-hydroxylation sites is 2. The number of imidazole rings is 1. The molecule has 0 fully saturated rings. The topological polar surface area (TPSA) is 96.7 Å². The number of benzene rings is 1. The van der Waals surface area contributed by atoms with E-state index in [1.54, 1.807) is 29.6 Å². The summed E-state index contributed by atoms with van der Waals surface area (Å²) in [4.78, 5) is 18.5. The van der Waals surface area contributed by atoms with E-state index in [-0.39, 0.29) is 23.1 Å². The number of amides is 1. The van der Waals surface area contributed by atoms with Crippen molar-refractivity contribution in [2.45, 2.75) is 13.0 Å². The maximum Gasteiger partial charge on any atom is 0.256 e. The summed E-state index contributed by atoms with van der Waals surface area (Å²) in [6, 6.07) is 7.89. The van der Waals surface area contributed by atoms with Gasteiger partial charge in [-0.25, -0.2) is 13.4 Å². The van der Waals surface area contributed by atoms with Crippen LogP contribution < -0.4 is 5.32 Å². The van der Waals surface area contributed by atoms with Gasteiger partial charge >= 0.3 is 0 Å². The first-order chi connectivity index (χ1) is 13.0. The number of rotatable bonds is 5. The van der Waals surface area contributed by atoms with Crippen molar-refractivity contribution in [2.24, 2.45) is 4.40 Å². The van der Waals surface area contributed by atoms with E-state index in [2.05, 4.69) is 14.7 Å².